The van der Waals surface area contributed by atoms with Crippen molar-refractivity contribution in [3.8, 4) is 0 Å². The molecule has 0 aliphatic heterocycles. The number of nitrogens with zero attached hydrogens (tertiary/aromatic N) is 2. The minimum Gasteiger partial charge on any atom is -0.211 e. The Morgan fingerprint density at radius 3 is 2.89 bits per heavy atom. The Hall–Kier alpha value is -1.10. The molecule has 2 nitrogen and oxygen atoms in total. The first-order valence-corrected chi connectivity index (χ1v) is 8.06. The molecule has 0 aliphatic carbocycles. The number of thioether (sulfide) groups is 1. The van der Waals surface area contributed by atoms with Crippen molar-refractivity contribution < 1.29 is 0 Å². The van der Waals surface area contributed by atoms with Crippen LogP contribution in [0.3, 0.4) is 0 Å². The van der Waals surface area contributed by atoms with Gasteiger partial charge in [-0.05, 0) is 41.1 Å². The van der Waals surface area contributed by atoms with Crippen molar-refractivity contribution in [3.63, 3.8) is 0 Å². The van der Waals surface area contributed by atoms with Crippen LogP contribution in [0.1, 0.15) is 11.1 Å². The molecule has 2 heterocycles. The fourth-order valence-electron chi connectivity index (χ4n) is 1.83. The van der Waals surface area contributed by atoms with E-state index in [-0.39, 0.29) is 0 Å². The molecule has 0 N–H and O–H groups in total. The van der Waals surface area contributed by atoms with Gasteiger partial charge in [0.15, 0.2) is 0 Å². The van der Waals surface area contributed by atoms with Crippen LogP contribution in [0.15, 0.2) is 40.7 Å². The van der Waals surface area contributed by atoms with Crippen LogP contribution in [0.4, 0.5) is 0 Å². The Morgan fingerprint density at radius 1 is 1.21 bits per heavy atom. The lowest BCUT2D eigenvalue weighted by Gasteiger charge is -2.06. The summed E-state index contributed by atoms with van der Waals surface area (Å²) in [7, 11) is 0. The van der Waals surface area contributed by atoms with Crippen LogP contribution in [0.25, 0.3) is 10.2 Å². The third-order valence-corrected chi connectivity index (χ3v) is 4.90. The Bertz CT molecular complexity index is 724. The summed E-state index contributed by atoms with van der Waals surface area (Å²) in [5, 5.41) is 4.39. The van der Waals surface area contributed by atoms with E-state index in [0.29, 0.717) is 5.28 Å². The normalized spacial score (nSPS) is 11.1. The SMILES string of the molecule is Cc1ccccc1CSc1nc(Cl)nc2sccc12. The fourth-order valence-corrected chi connectivity index (χ4v) is 4.02. The predicted octanol–water partition coefficient (Wildman–Crippen LogP) is 4.95. The van der Waals surface area contributed by atoms with Crippen LogP contribution in [0.2, 0.25) is 5.28 Å². The van der Waals surface area contributed by atoms with Gasteiger partial charge in [-0.25, -0.2) is 9.97 Å². The van der Waals surface area contributed by atoms with Crippen LogP contribution < -0.4 is 0 Å². The maximum absolute atomic E-state index is 5.96. The van der Waals surface area contributed by atoms with E-state index in [0.717, 1.165) is 21.0 Å². The van der Waals surface area contributed by atoms with Gasteiger partial charge in [-0.3, -0.25) is 0 Å². The topological polar surface area (TPSA) is 25.8 Å². The van der Waals surface area contributed by atoms with E-state index < -0.39 is 0 Å². The Morgan fingerprint density at radius 2 is 2.05 bits per heavy atom. The van der Waals surface area contributed by atoms with E-state index in [4.69, 9.17) is 11.6 Å². The zero-order valence-corrected chi connectivity index (χ0v) is 12.6. The molecule has 5 heteroatoms. The molecule has 3 aromatic rings. The van der Waals surface area contributed by atoms with E-state index in [1.54, 1.807) is 23.1 Å². The Labute approximate surface area is 124 Å². The molecule has 0 aliphatic rings. The molecule has 0 radical (unpaired) electrons. The van der Waals surface area contributed by atoms with Crippen molar-refractivity contribution in [1.82, 2.24) is 9.97 Å². The largest absolute Gasteiger partial charge is 0.224 e. The van der Waals surface area contributed by atoms with Gasteiger partial charge in [-0.15, -0.1) is 23.1 Å². The number of aromatic nitrogens is 2. The van der Waals surface area contributed by atoms with E-state index >= 15 is 0 Å². The number of thiophene rings is 1. The number of hydrogen-bond acceptors (Lipinski definition) is 4. The average Bonchev–Trinajstić information content (AvgIpc) is 2.85. The Balaban J connectivity index is 1.90. The summed E-state index contributed by atoms with van der Waals surface area (Å²) in [6.45, 7) is 2.13. The number of aryl methyl sites for hydroxylation is 1. The number of fused-ring (bicyclic) bond motifs is 1. The average molecular weight is 307 g/mol. The smallest absolute Gasteiger partial charge is 0.211 e. The van der Waals surface area contributed by atoms with Crippen molar-refractivity contribution in [3.05, 3.63) is 52.1 Å². The van der Waals surface area contributed by atoms with Crippen molar-refractivity contribution in [1.29, 1.82) is 0 Å². The molecular formula is C14H11ClN2S2. The molecule has 0 atom stereocenters. The van der Waals surface area contributed by atoms with Gasteiger partial charge in [-0.2, -0.15) is 0 Å². The molecule has 19 heavy (non-hydrogen) atoms. The van der Waals surface area contributed by atoms with Crippen molar-refractivity contribution in [2.45, 2.75) is 17.7 Å². The maximum Gasteiger partial charge on any atom is 0.224 e. The summed E-state index contributed by atoms with van der Waals surface area (Å²) >= 11 is 9.26. The third kappa shape index (κ3) is 2.76. The van der Waals surface area contributed by atoms with Crippen LogP contribution in [-0.2, 0) is 5.75 Å². The lowest BCUT2D eigenvalue weighted by molar-refractivity contribution is 1.11. The van der Waals surface area contributed by atoms with Gasteiger partial charge in [0.25, 0.3) is 0 Å². The minimum absolute atomic E-state index is 0.322. The highest BCUT2D eigenvalue weighted by Crippen LogP contribution is 2.32. The van der Waals surface area contributed by atoms with Gasteiger partial charge in [-0.1, -0.05) is 24.3 Å². The standard InChI is InChI=1S/C14H11ClN2S2/c1-9-4-2-3-5-10(9)8-19-13-11-6-7-18-12(11)16-14(15)17-13/h2-7H,8H2,1H3. The van der Waals surface area contributed by atoms with Crippen LogP contribution >= 0.6 is 34.7 Å². The number of rotatable bonds is 3. The van der Waals surface area contributed by atoms with Crippen LogP contribution in [0.5, 0.6) is 0 Å². The predicted molar refractivity (Wildman–Crippen MR) is 83.2 cm³/mol. The highest BCUT2D eigenvalue weighted by molar-refractivity contribution is 7.98. The lowest BCUT2D eigenvalue weighted by Crippen LogP contribution is -1.89. The van der Waals surface area contributed by atoms with Gasteiger partial charge >= 0.3 is 0 Å². The van der Waals surface area contributed by atoms with Crippen molar-refractivity contribution in [2.75, 3.05) is 0 Å². The molecule has 2 aromatic heterocycles. The first-order chi connectivity index (χ1) is 9.24. The molecule has 0 saturated heterocycles. The first kappa shape index (κ1) is 12.9. The van der Waals surface area contributed by atoms with E-state index in [9.17, 15) is 0 Å². The second kappa shape index (κ2) is 5.49. The summed E-state index contributed by atoms with van der Waals surface area (Å²) in [6.07, 6.45) is 0. The monoisotopic (exact) mass is 306 g/mol. The number of benzene rings is 1. The highest BCUT2D eigenvalue weighted by atomic mass is 35.5. The maximum atomic E-state index is 5.96. The summed E-state index contributed by atoms with van der Waals surface area (Å²) in [5.41, 5.74) is 2.63. The molecule has 0 bridgehead atoms. The molecular weight excluding hydrogens is 296 g/mol. The molecule has 1 aromatic carbocycles. The zero-order valence-electron chi connectivity index (χ0n) is 10.3. The summed E-state index contributed by atoms with van der Waals surface area (Å²) < 4.78 is 0. The molecule has 3 rings (SSSR count). The fraction of sp³-hybridized carbons (Fsp3) is 0.143. The van der Waals surface area contributed by atoms with Crippen LogP contribution in [-0.4, -0.2) is 9.97 Å². The highest BCUT2D eigenvalue weighted by Gasteiger charge is 2.09. The van der Waals surface area contributed by atoms with Gasteiger partial charge in [0.2, 0.25) is 5.28 Å². The van der Waals surface area contributed by atoms with Gasteiger partial charge in [0.1, 0.15) is 9.86 Å². The minimum atomic E-state index is 0.322. The molecule has 0 fully saturated rings. The third-order valence-electron chi connectivity index (χ3n) is 2.89. The van der Waals surface area contributed by atoms with Crippen LogP contribution in [0, 0.1) is 6.92 Å². The summed E-state index contributed by atoms with van der Waals surface area (Å²) in [4.78, 5) is 9.52. The summed E-state index contributed by atoms with van der Waals surface area (Å²) in [5.74, 6) is 0.894. The quantitative estimate of drug-likeness (QED) is 0.389. The molecule has 0 unspecified atom stereocenters. The molecule has 96 valence electrons. The molecule has 0 amide bonds. The lowest BCUT2D eigenvalue weighted by atomic mass is 10.1. The van der Waals surface area contributed by atoms with Gasteiger partial charge in [0, 0.05) is 11.1 Å². The second-order valence-corrected chi connectivity index (χ2v) is 6.35. The van der Waals surface area contributed by atoms with Gasteiger partial charge in [0.05, 0.1) is 0 Å². The second-order valence-electron chi connectivity index (χ2n) is 4.15. The summed E-state index contributed by atoms with van der Waals surface area (Å²) in [6, 6.07) is 10.5. The molecule has 0 spiro atoms. The van der Waals surface area contributed by atoms with E-state index in [1.807, 2.05) is 5.38 Å². The zero-order chi connectivity index (χ0) is 13.2. The number of hydrogen-bond donors (Lipinski definition) is 0. The first-order valence-electron chi connectivity index (χ1n) is 5.82. The van der Waals surface area contributed by atoms with Crippen molar-refractivity contribution >= 4 is 44.9 Å². The Kier molecular flexibility index (Phi) is 3.73. The van der Waals surface area contributed by atoms with Gasteiger partial charge < -0.3 is 0 Å². The van der Waals surface area contributed by atoms with E-state index in [1.165, 1.54) is 11.1 Å². The number of halogens is 1. The molecule has 0 saturated carbocycles. The van der Waals surface area contributed by atoms with Crippen molar-refractivity contribution in [2.24, 2.45) is 0 Å². The van der Waals surface area contributed by atoms with E-state index in [2.05, 4.69) is 47.2 Å².